The van der Waals surface area contributed by atoms with Gasteiger partial charge >= 0.3 is 0 Å². The molecule has 4 aromatic rings. The van der Waals surface area contributed by atoms with Crippen LogP contribution in [0.15, 0.2) is 43.1 Å². The molecule has 5 heterocycles. The number of pyridine rings is 1. The smallest absolute Gasteiger partial charge is 0.239 e. The zero-order valence-corrected chi connectivity index (χ0v) is 22.9. The molecule has 0 aliphatic carbocycles. The van der Waals surface area contributed by atoms with Crippen molar-refractivity contribution in [3.8, 4) is 5.69 Å². The third-order valence-corrected chi connectivity index (χ3v) is 7.35. The van der Waals surface area contributed by atoms with Gasteiger partial charge in [-0.1, -0.05) is 0 Å². The molecule has 0 radical (unpaired) electrons. The van der Waals surface area contributed by atoms with Gasteiger partial charge in [-0.25, -0.2) is 37.3 Å². The fourth-order valence-corrected chi connectivity index (χ4v) is 5.07. The van der Waals surface area contributed by atoms with Crippen LogP contribution in [0.4, 0.5) is 23.4 Å². The number of likely N-dealkylation sites (tertiary alicyclic amines) is 1. The van der Waals surface area contributed by atoms with E-state index in [9.17, 15) is 18.3 Å². The number of aliphatic hydroxyl groups excluding tert-OH is 2. The Balaban J connectivity index is 1.29. The van der Waals surface area contributed by atoms with E-state index < -0.39 is 29.3 Å². The van der Waals surface area contributed by atoms with Crippen molar-refractivity contribution in [2.45, 2.75) is 18.9 Å². The van der Waals surface area contributed by atoms with E-state index in [1.165, 1.54) is 12.4 Å². The van der Waals surface area contributed by atoms with E-state index in [2.05, 4.69) is 45.6 Å². The van der Waals surface area contributed by atoms with Gasteiger partial charge in [0.15, 0.2) is 5.65 Å². The van der Waals surface area contributed by atoms with Crippen LogP contribution in [0.1, 0.15) is 12.8 Å². The topological polar surface area (TPSA) is 204 Å². The standard InChI is InChI=1S/C24H29N11O5S/c1-41(39,40)34(13-19(37)15-36)24-27-10-17(11-28-24)30-23-26-8-16-9-29-35(22(16)32-23)18-4-5-20(25-12-18)31-21(38)14-33-6-2-3-7-33/h4-5,8-12,19,36-37H,2-3,6-7,13-15H2,1H3,(H,25,31,38)(H,26,30,32). The summed E-state index contributed by atoms with van der Waals surface area (Å²) in [5, 5.41) is 29.6. The molecule has 1 atom stereocenters. The number of nitrogens with one attached hydrogen (secondary N) is 2. The molecule has 16 nitrogen and oxygen atoms in total. The monoisotopic (exact) mass is 583 g/mol. The molecule has 1 fully saturated rings. The zero-order valence-electron chi connectivity index (χ0n) is 22.1. The number of aliphatic hydroxyl groups is 2. The van der Waals surface area contributed by atoms with Crippen molar-refractivity contribution in [1.82, 2.24) is 39.6 Å². The van der Waals surface area contributed by atoms with Crippen LogP contribution in [-0.4, -0.2) is 109 Å². The minimum Gasteiger partial charge on any atom is -0.394 e. The van der Waals surface area contributed by atoms with Crippen LogP contribution in [0, 0.1) is 0 Å². The van der Waals surface area contributed by atoms with Gasteiger partial charge in [-0.3, -0.25) is 9.69 Å². The lowest BCUT2D eigenvalue weighted by molar-refractivity contribution is -0.117. The second-order valence-corrected chi connectivity index (χ2v) is 11.4. The lowest BCUT2D eigenvalue weighted by Gasteiger charge is -2.22. The largest absolute Gasteiger partial charge is 0.394 e. The molecule has 4 aromatic heterocycles. The third kappa shape index (κ3) is 6.88. The fourth-order valence-electron chi connectivity index (χ4n) is 4.24. The van der Waals surface area contributed by atoms with Gasteiger partial charge in [0.25, 0.3) is 0 Å². The second-order valence-electron chi connectivity index (χ2n) is 9.49. The minimum atomic E-state index is -3.80. The predicted molar refractivity (Wildman–Crippen MR) is 149 cm³/mol. The molecule has 0 saturated carbocycles. The number of hydrogen-bond acceptors (Lipinski definition) is 13. The van der Waals surface area contributed by atoms with Gasteiger partial charge in [0.05, 0.1) is 73.6 Å². The summed E-state index contributed by atoms with van der Waals surface area (Å²) < 4.78 is 26.6. The average molecular weight is 584 g/mol. The predicted octanol–water partition coefficient (Wildman–Crippen LogP) is -0.102. The fraction of sp³-hybridized carbons (Fsp3) is 0.375. The molecular weight excluding hydrogens is 554 g/mol. The van der Waals surface area contributed by atoms with E-state index in [0.29, 0.717) is 34.8 Å². The summed E-state index contributed by atoms with van der Waals surface area (Å²) in [6.45, 7) is 1.20. The van der Waals surface area contributed by atoms with Crippen LogP contribution in [-0.2, 0) is 14.8 Å². The van der Waals surface area contributed by atoms with Crippen LogP contribution in [0.25, 0.3) is 16.7 Å². The Bertz CT molecular complexity index is 1610. The molecule has 0 bridgehead atoms. The van der Waals surface area contributed by atoms with Crippen LogP contribution in [0.2, 0.25) is 0 Å². The van der Waals surface area contributed by atoms with E-state index >= 15 is 0 Å². The van der Waals surface area contributed by atoms with Crippen molar-refractivity contribution in [3.05, 3.63) is 43.1 Å². The molecule has 4 N–H and O–H groups in total. The van der Waals surface area contributed by atoms with Crippen LogP contribution in [0.3, 0.4) is 0 Å². The molecule has 216 valence electrons. The van der Waals surface area contributed by atoms with Crippen LogP contribution < -0.4 is 14.9 Å². The number of aromatic nitrogens is 7. The lowest BCUT2D eigenvalue weighted by atomic mass is 10.4. The van der Waals surface area contributed by atoms with Gasteiger partial charge in [-0.2, -0.15) is 10.1 Å². The van der Waals surface area contributed by atoms with Crippen molar-refractivity contribution in [3.63, 3.8) is 0 Å². The van der Waals surface area contributed by atoms with E-state index in [0.717, 1.165) is 36.5 Å². The number of fused-ring (bicyclic) bond motifs is 1. The van der Waals surface area contributed by atoms with E-state index in [-0.39, 0.29) is 17.8 Å². The molecule has 5 rings (SSSR count). The average Bonchev–Trinajstić information content (AvgIpc) is 3.62. The third-order valence-electron chi connectivity index (χ3n) is 6.24. The summed E-state index contributed by atoms with van der Waals surface area (Å²) in [5.41, 5.74) is 1.50. The SMILES string of the molecule is CS(=O)(=O)N(CC(O)CO)c1ncc(Nc2ncc3cnn(-c4ccc(NC(=O)CN5CCCC5)nc4)c3n2)cn1. The number of hydrogen-bond donors (Lipinski definition) is 4. The first-order valence-electron chi connectivity index (χ1n) is 12.7. The maximum atomic E-state index is 12.3. The number of carbonyl (C=O) groups excluding carboxylic acids is 1. The van der Waals surface area contributed by atoms with Crippen molar-refractivity contribution in [1.29, 1.82) is 0 Å². The Kier molecular flexibility index (Phi) is 8.29. The molecule has 1 aliphatic rings. The summed E-state index contributed by atoms with van der Waals surface area (Å²) in [4.78, 5) is 35.7. The first-order valence-corrected chi connectivity index (χ1v) is 14.6. The summed E-state index contributed by atoms with van der Waals surface area (Å²) in [7, 11) is -3.80. The first kappa shape index (κ1) is 28.2. The Labute approximate surface area is 235 Å². The highest BCUT2D eigenvalue weighted by Gasteiger charge is 2.23. The van der Waals surface area contributed by atoms with Crippen molar-refractivity contribution >= 4 is 50.4 Å². The molecule has 0 aromatic carbocycles. The van der Waals surface area contributed by atoms with E-state index in [1.54, 1.807) is 35.4 Å². The summed E-state index contributed by atoms with van der Waals surface area (Å²) in [6.07, 6.45) is 9.36. The van der Waals surface area contributed by atoms with E-state index in [4.69, 9.17) is 5.11 Å². The van der Waals surface area contributed by atoms with Gasteiger partial charge in [0.2, 0.25) is 27.8 Å². The van der Waals surface area contributed by atoms with Gasteiger partial charge < -0.3 is 20.8 Å². The summed E-state index contributed by atoms with van der Waals surface area (Å²) in [5.74, 6) is 0.382. The Morgan fingerprint density at radius 1 is 1.07 bits per heavy atom. The quantitative estimate of drug-likeness (QED) is 0.182. The maximum absolute atomic E-state index is 12.3. The highest BCUT2D eigenvalue weighted by atomic mass is 32.2. The zero-order chi connectivity index (χ0) is 29.0. The molecule has 41 heavy (non-hydrogen) atoms. The van der Waals surface area contributed by atoms with Crippen LogP contribution >= 0.6 is 0 Å². The van der Waals surface area contributed by atoms with Gasteiger partial charge in [-0.15, -0.1) is 0 Å². The Morgan fingerprint density at radius 3 is 2.49 bits per heavy atom. The number of anilines is 4. The van der Waals surface area contributed by atoms with Gasteiger partial charge in [0, 0.05) is 6.20 Å². The highest BCUT2D eigenvalue weighted by Crippen LogP contribution is 2.20. The maximum Gasteiger partial charge on any atom is 0.239 e. The minimum absolute atomic E-state index is 0.107. The van der Waals surface area contributed by atoms with E-state index in [1.807, 2.05) is 0 Å². The number of nitrogens with zero attached hydrogens (tertiary/aromatic N) is 9. The van der Waals surface area contributed by atoms with Crippen molar-refractivity contribution in [2.24, 2.45) is 0 Å². The molecule has 1 saturated heterocycles. The number of sulfonamides is 1. The molecule has 0 spiro atoms. The Morgan fingerprint density at radius 2 is 1.83 bits per heavy atom. The summed E-state index contributed by atoms with van der Waals surface area (Å²) >= 11 is 0. The normalized spacial score (nSPS) is 14.7. The number of carbonyl (C=O) groups is 1. The second kappa shape index (κ2) is 12.0. The lowest BCUT2D eigenvalue weighted by Crippen LogP contribution is -2.39. The summed E-state index contributed by atoms with van der Waals surface area (Å²) in [6, 6.07) is 3.47. The Hall–Kier alpha value is -4.32. The van der Waals surface area contributed by atoms with Gasteiger partial charge in [-0.05, 0) is 38.1 Å². The molecular formula is C24H29N11O5S. The number of rotatable bonds is 11. The molecule has 1 amide bonds. The molecule has 17 heteroatoms. The molecule has 1 unspecified atom stereocenters. The van der Waals surface area contributed by atoms with Crippen LogP contribution in [0.5, 0.6) is 0 Å². The van der Waals surface area contributed by atoms with Crippen molar-refractivity contribution in [2.75, 3.05) is 54.0 Å². The number of amides is 1. The first-order chi connectivity index (χ1) is 19.7. The molecule has 1 aliphatic heterocycles. The van der Waals surface area contributed by atoms with Gasteiger partial charge in [0.1, 0.15) is 5.82 Å². The van der Waals surface area contributed by atoms with Crippen molar-refractivity contribution < 1.29 is 23.4 Å². The highest BCUT2D eigenvalue weighted by molar-refractivity contribution is 7.92.